The molecule has 0 aliphatic heterocycles. The van der Waals surface area contributed by atoms with Gasteiger partial charge >= 0.3 is 11.9 Å². The van der Waals surface area contributed by atoms with Gasteiger partial charge in [-0.05, 0) is 43.2 Å². The molecule has 0 spiro atoms. The van der Waals surface area contributed by atoms with Gasteiger partial charge in [-0.3, -0.25) is 0 Å². The fourth-order valence-electron chi connectivity index (χ4n) is 3.42. The van der Waals surface area contributed by atoms with Crippen molar-refractivity contribution in [2.45, 2.75) is 20.3 Å². The third kappa shape index (κ3) is 3.98. The third-order valence-corrected chi connectivity index (χ3v) is 5.13. The molecule has 29 heavy (non-hydrogen) atoms. The van der Waals surface area contributed by atoms with Crippen molar-refractivity contribution in [3.63, 3.8) is 0 Å². The Labute approximate surface area is 178 Å². The molecule has 0 saturated heterocycles. The average molecular weight is 456 g/mol. The van der Waals surface area contributed by atoms with E-state index in [9.17, 15) is 9.59 Å². The fraction of sp³-hybridized carbons (Fsp3) is 0.217. The highest BCUT2D eigenvalue weighted by Crippen LogP contribution is 2.36. The van der Waals surface area contributed by atoms with Gasteiger partial charge in [0.2, 0.25) is 0 Å². The van der Waals surface area contributed by atoms with Crippen molar-refractivity contribution in [2.24, 2.45) is 0 Å². The minimum absolute atomic E-state index is 0.207. The second-order valence-corrected chi connectivity index (χ2v) is 7.20. The summed E-state index contributed by atoms with van der Waals surface area (Å²) in [5.74, 6) is -1.10. The first-order valence-corrected chi connectivity index (χ1v) is 10.2. The first-order valence-electron chi connectivity index (χ1n) is 9.37. The molecule has 0 N–H and O–H groups in total. The van der Waals surface area contributed by atoms with Gasteiger partial charge in [0, 0.05) is 15.9 Å². The maximum Gasteiger partial charge on any atom is 0.341 e. The fourth-order valence-corrected chi connectivity index (χ4v) is 3.69. The minimum atomic E-state index is -0.557. The Kier molecular flexibility index (Phi) is 6.54. The summed E-state index contributed by atoms with van der Waals surface area (Å²) < 4.78 is 13.2. The largest absolute Gasteiger partial charge is 0.465 e. The molecular formula is C23H22BrNO4. The normalized spacial score (nSPS) is 10.6. The number of esters is 2. The summed E-state index contributed by atoms with van der Waals surface area (Å²) in [6.07, 6.45) is 0.528. The van der Waals surface area contributed by atoms with Crippen LogP contribution >= 0.6 is 15.9 Å². The lowest BCUT2D eigenvalue weighted by Crippen LogP contribution is -2.13. The van der Waals surface area contributed by atoms with Crippen molar-refractivity contribution < 1.29 is 19.1 Å². The molecule has 0 fully saturated rings. The van der Waals surface area contributed by atoms with Crippen LogP contribution in [0.1, 0.15) is 40.3 Å². The number of halogens is 1. The van der Waals surface area contributed by atoms with Crippen LogP contribution in [0.5, 0.6) is 0 Å². The second-order valence-electron chi connectivity index (χ2n) is 6.29. The molecule has 0 amide bonds. The van der Waals surface area contributed by atoms with Crippen LogP contribution in [0.3, 0.4) is 0 Å². The van der Waals surface area contributed by atoms with Crippen LogP contribution in [0.25, 0.3) is 16.9 Å². The van der Waals surface area contributed by atoms with Crippen LogP contribution in [0.4, 0.5) is 0 Å². The quantitative estimate of drug-likeness (QED) is 0.464. The Bertz CT molecular complexity index is 1020. The molecule has 0 aliphatic rings. The molecule has 150 valence electrons. The molecule has 5 nitrogen and oxygen atoms in total. The SMILES string of the molecule is CCOC(=O)c1c(C(=O)OC)c(CC)n(-c2ccc(Br)cc2)c1-c1ccccc1. The van der Waals surface area contributed by atoms with Crippen LogP contribution < -0.4 is 0 Å². The van der Waals surface area contributed by atoms with E-state index in [0.717, 1.165) is 15.7 Å². The zero-order chi connectivity index (χ0) is 21.0. The van der Waals surface area contributed by atoms with E-state index >= 15 is 0 Å². The monoisotopic (exact) mass is 455 g/mol. The number of carbonyl (C=O) groups excluding carboxylic acids is 2. The number of benzene rings is 2. The van der Waals surface area contributed by atoms with Gasteiger partial charge in [-0.2, -0.15) is 0 Å². The van der Waals surface area contributed by atoms with Crippen molar-refractivity contribution >= 4 is 27.9 Å². The number of carbonyl (C=O) groups is 2. The molecule has 0 aliphatic carbocycles. The Morgan fingerprint density at radius 2 is 1.59 bits per heavy atom. The van der Waals surface area contributed by atoms with Gasteiger partial charge in [0.25, 0.3) is 0 Å². The molecule has 0 bridgehead atoms. The Morgan fingerprint density at radius 1 is 0.931 bits per heavy atom. The summed E-state index contributed by atoms with van der Waals surface area (Å²) in [6.45, 7) is 3.89. The molecule has 0 radical (unpaired) electrons. The lowest BCUT2D eigenvalue weighted by atomic mass is 10.0. The third-order valence-electron chi connectivity index (χ3n) is 4.60. The molecule has 3 rings (SSSR count). The lowest BCUT2D eigenvalue weighted by Gasteiger charge is -2.14. The molecule has 6 heteroatoms. The molecule has 1 heterocycles. The van der Waals surface area contributed by atoms with Gasteiger partial charge in [-0.1, -0.05) is 53.2 Å². The van der Waals surface area contributed by atoms with Gasteiger partial charge < -0.3 is 14.0 Å². The van der Waals surface area contributed by atoms with Crippen LogP contribution in [-0.4, -0.2) is 30.2 Å². The van der Waals surface area contributed by atoms with Crippen molar-refractivity contribution in [3.05, 3.63) is 75.9 Å². The smallest absolute Gasteiger partial charge is 0.341 e. The summed E-state index contributed by atoms with van der Waals surface area (Å²) in [7, 11) is 1.32. The maximum atomic E-state index is 13.0. The van der Waals surface area contributed by atoms with Crippen LogP contribution in [0.2, 0.25) is 0 Å². The molecule has 2 aromatic carbocycles. The van der Waals surface area contributed by atoms with E-state index in [2.05, 4.69) is 15.9 Å². The van der Waals surface area contributed by atoms with Crippen molar-refractivity contribution in [3.8, 4) is 16.9 Å². The van der Waals surface area contributed by atoms with Gasteiger partial charge in [-0.25, -0.2) is 9.59 Å². The topological polar surface area (TPSA) is 57.5 Å². The highest BCUT2D eigenvalue weighted by molar-refractivity contribution is 9.10. The van der Waals surface area contributed by atoms with E-state index in [1.54, 1.807) is 6.92 Å². The van der Waals surface area contributed by atoms with E-state index in [-0.39, 0.29) is 17.7 Å². The van der Waals surface area contributed by atoms with Crippen LogP contribution in [0, 0.1) is 0 Å². The van der Waals surface area contributed by atoms with Gasteiger partial charge in [0.1, 0.15) is 5.56 Å². The Hall–Kier alpha value is -2.86. The lowest BCUT2D eigenvalue weighted by molar-refractivity contribution is 0.0505. The molecule has 1 aromatic heterocycles. The van der Waals surface area contributed by atoms with Crippen molar-refractivity contribution in [1.29, 1.82) is 0 Å². The maximum absolute atomic E-state index is 13.0. The minimum Gasteiger partial charge on any atom is -0.465 e. The predicted octanol–water partition coefficient (Wildman–Crippen LogP) is 5.43. The first-order chi connectivity index (χ1) is 14.0. The van der Waals surface area contributed by atoms with Crippen LogP contribution in [0.15, 0.2) is 59.1 Å². The summed E-state index contributed by atoms with van der Waals surface area (Å²) in [6, 6.07) is 17.2. The second kappa shape index (κ2) is 9.09. The highest BCUT2D eigenvalue weighted by atomic mass is 79.9. The van der Waals surface area contributed by atoms with E-state index < -0.39 is 11.9 Å². The van der Waals surface area contributed by atoms with Crippen molar-refractivity contribution in [2.75, 3.05) is 13.7 Å². The molecular weight excluding hydrogens is 434 g/mol. The van der Waals surface area contributed by atoms with Gasteiger partial charge in [-0.15, -0.1) is 0 Å². The summed E-state index contributed by atoms with van der Waals surface area (Å²) >= 11 is 3.46. The Balaban J connectivity index is 2.46. The number of aromatic nitrogens is 1. The van der Waals surface area contributed by atoms with Gasteiger partial charge in [0.15, 0.2) is 0 Å². The number of ether oxygens (including phenoxy) is 2. The summed E-state index contributed by atoms with van der Waals surface area (Å²) in [5.41, 5.74) is 3.43. The zero-order valence-corrected chi connectivity index (χ0v) is 18.2. The summed E-state index contributed by atoms with van der Waals surface area (Å²) in [4.78, 5) is 25.8. The van der Waals surface area contributed by atoms with E-state index in [0.29, 0.717) is 17.8 Å². The number of hydrogen-bond donors (Lipinski definition) is 0. The first kappa shape index (κ1) is 20.9. The summed E-state index contributed by atoms with van der Waals surface area (Å²) in [5, 5.41) is 0. The van der Waals surface area contributed by atoms with Crippen LogP contribution in [-0.2, 0) is 15.9 Å². The van der Waals surface area contributed by atoms with E-state index in [4.69, 9.17) is 9.47 Å². The number of methoxy groups -OCH3 is 1. The number of rotatable bonds is 6. The van der Waals surface area contributed by atoms with Crippen molar-refractivity contribution in [1.82, 2.24) is 4.57 Å². The number of hydrogen-bond acceptors (Lipinski definition) is 4. The molecule has 0 atom stereocenters. The number of nitrogens with zero attached hydrogens (tertiary/aromatic N) is 1. The average Bonchev–Trinajstić information content (AvgIpc) is 3.09. The molecule has 3 aromatic rings. The highest BCUT2D eigenvalue weighted by Gasteiger charge is 2.33. The van der Waals surface area contributed by atoms with Gasteiger partial charge in [0.05, 0.1) is 25.0 Å². The standard InChI is InChI=1S/C23H22BrNO4/c1-4-18-19(22(26)28-3)20(23(27)29-5-2)21(15-9-7-6-8-10-15)25(18)17-13-11-16(24)12-14-17/h6-14H,4-5H2,1-3H3. The Morgan fingerprint density at radius 3 is 2.14 bits per heavy atom. The van der Waals surface area contributed by atoms with E-state index in [1.165, 1.54) is 7.11 Å². The molecule has 0 saturated carbocycles. The van der Waals surface area contributed by atoms with E-state index in [1.807, 2.05) is 66.1 Å². The molecule has 0 unspecified atom stereocenters. The zero-order valence-electron chi connectivity index (χ0n) is 16.6. The predicted molar refractivity (Wildman–Crippen MR) is 116 cm³/mol.